The van der Waals surface area contributed by atoms with E-state index in [0.29, 0.717) is 28.3 Å². The number of nitrogens with zero attached hydrogens (tertiary/aromatic N) is 1. The first kappa shape index (κ1) is 15.7. The Morgan fingerprint density at radius 3 is 2.83 bits per heavy atom. The second-order valence-corrected chi connectivity index (χ2v) is 6.07. The van der Waals surface area contributed by atoms with Crippen LogP contribution in [0.1, 0.15) is 29.9 Å². The molecule has 1 aromatic heterocycles. The molecule has 118 valence electrons. The number of hydrogen-bond donors (Lipinski definition) is 2. The molecule has 5 heteroatoms. The lowest BCUT2D eigenvalue weighted by Gasteiger charge is -2.16. The van der Waals surface area contributed by atoms with Crippen LogP contribution in [0.2, 0.25) is 5.02 Å². The van der Waals surface area contributed by atoms with Gasteiger partial charge in [0.1, 0.15) is 5.82 Å². The Hall–Kier alpha value is -2.17. The van der Waals surface area contributed by atoms with Crippen molar-refractivity contribution in [2.45, 2.75) is 26.4 Å². The lowest BCUT2D eigenvalue weighted by Crippen LogP contribution is -2.22. The van der Waals surface area contributed by atoms with Crippen molar-refractivity contribution in [2.75, 3.05) is 0 Å². The number of rotatable bonds is 4. The van der Waals surface area contributed by atoms with Crippen LogP contribution in [-0.4, -0.2) is 9.97 Å². The molecule has 0 amide bonds. The number of aromatic nitrogens is 2. The summed E-state index contributed by atoms with van der Waals surface area (Å²) in [6.07, 6.45) is 0. The molecule has 1 unspecified atom stereocenters. The van der Waals surface area contributed by atoms with Crippen molar-refractivity contribution in [2.24, 2.45) is 0 Å². The number of hydrogen-bond acceptors (Lipinski definition) is 3. The smallest absolute Gasteiger partial charge is 0.258 e. The van der Waals surface area contributed by atoms with Gasteiger partial charge in [0.05, 0.1) is 17.4 Å². The maximum atomic E-state index is 12.1. The zero-order valence-corrected chi connectivity index (χ0v) is 13.8. The predicted octanol–water partition coefficient (Wildman–Crippen LogP) is 3.74. The Balaban J connectivity index is 1.82. The second kappa shape index (κ2) is 6.52. The minimum absolute atomic E-state index is 0.146. The van der Waals surface area contributed by atoms with E-state index in [9.17, 15) is 4.79 Å². The molecule has 1 heterocycles. The number of aryl methyl sites for hydroxylation is 1. The van der Waals surface area contributed by atoms with Gasteiger partial charge in [-0.15, -0.1) is 0 Å². The molecule has 4 nitrogen and oxygen atoms in total. The topological polar surface area (TPSA) is 57.8 Å². The molecular weight excluding hydrogens is 310 g/mol. The molecule has 0 fully saturated rings. The van der Waals surface area contributed by atoms with Crippen molar-refractivity contribution in [1.29, 1.82) is 0 Å². The van der Waals surface area contributed by atoms with Gasteiger partial charge in [-0.05, 0) is 43.2 Å². The van der Waals surface area contributed by atoms with Crippen LogP contribution in [-0.2, 0) is 6.54 Å². The summed E-state index contributed by atoms with van der Waals surface area (Å²) in [5.41, 5.74) is 2.94. The molecule has 0 saturated carbocycles. The van der Waals surface area contributed by atoms with E-state index in [4.69, 9.17) is 11.6 Å². The Morgan fingerprint density at radius 1 is 1.26 bits per heavy atom. The van der Waals surface area contributed by atoms with E-state index < -0.39 is 0 Å². The van der Waals surface area contributed by atoms with Crippen LogP contribution in [0.3, 0.4) is 0 Å². The van der Waals surface area contributed by atoms with E-state index in [-0.39, 0.29) is 11.6 Å². The Labute approximate surface area is 139 Å². The van der Waals surface area contributed by atoms with Gasteiger partial charge in [-0.3, -0.25) is 4.79 Å². The minimum atomic E-state index is -0.146. The molecule has 23 heavy (non-hydrogen) atoms. The third-order valence-electron chi connectivity index (χ3n) is 3.95. The number of benzene rings is 2. The van der Waals surface area contributed by atoms with Crippen molar-refractivity contribution in [3.8, 4) is 0 Å². The summed E-state index contributed by atoms with van der Waals surface area (Å²) >= 11 is 5.98. The van der Waals surface area contributed by atoms with Crippen LogP contribution in [0.25, 0.3) is 10.9 Å². The van der Waals surface area contributed by atoms with Gasteiger partial charge in [-0.1, -0.05) is 35.9 Å². The molecule has 2 aromatic carbocycles. The maximum absolute atomic E-state index is 12.1. The Morgan fingerprint density at radius 2 is 2.04 bits per heavy atom. The van der Waals surface area contributed by atoms with Gasteiger partial charge < -0.3 is 10.3 Å². The van der Waals surface area contributed by atoms with Crippen LogP contribution in [0.15, 0.2) is 47.3 Å². The van der Waals surface area contributed by atoms with Crippen LogP contribution >= 0.6 is 11.6 Å². The van der Waals surface area contributed by atoms with Crippen molar-refractivity contribution in [3.05, 3.63) is 74.8 Å². The maximum Gasteiger partial charge on any atom is 0.258 e. The summed E-state index contributed by atoms with van der Waals surface area (Å²) in [6, 6.07) is 13.5. The van der Waals surface area contributed by atoms with Crippen LogP contribution in [0.5, 0.6) is 0 Å². The van der Waals surface area contributed by atoms with Gasteiger partial charge in [0.25, 0.3) is 5.56 Å². The highest BCUT2D eigenvalue weighted by atomic mass is 35.5. The third-order valence-corrected chi connectivity index (χ3v) is 4.18. The van der Waals surface area contributed by atoms with Gasteiger partial charge in [0.15, 0.2) is 0 Å². The van der Waals surface area contributed by atoms with Gasteiger partial charge in [-0.25, -0.2) is 4.98 Å². The lowest BCUT2D eigenvalue weighted by molar-refractivity contribution is 0.557. The molecule has 2 N–H and O–H groups in total. The Bertz CT molecular complexity index is 904. The van der Waals surface area contributed by atoms with E-state index >= 15 is 0 Å². The van der Waals surface area contributed by atoms with E-state index in [1.807, 2.05) is 12.1 Å². The molecule has 3 aromatic rings. The van der Waals surface area contributed by atoms with Crippen LogP contribution in [0.4, 0.5) is 0 Å². The van der Waals surface area contributed by atoms with E-state index in [1.54, 1.807) is 18.2 Å². The van der Waals surface area contributed by atoms with Crippen molar-refractivity contribution in [1.82, 2.24) is 15.3 Å². The highest BCUT2D eigenvalue weighted by Gasteiger charge is 2.09. The van der Waals surface area contributed by atoms with Crippen molar-refractivity contribution >= 4 is 22.5 Å². The first-order valence-corrected chi connectivity index (χ1v) is 7.90. The number of fused-ring (bicyclic) bond motifs is 1. The summed E-state index contributed by atoms with van der Waals surface area (Å²) in [5.74, 6) is 0.602. The van der Waals surface area contributed by atoms with Gasteiger partial charge in [0.2, 0.25) is 0 Å². The molecule has 0 aliphatic carbocycles. The van der Waals surface area contributed by atoms with E-state index in [1.165, 1.54) is 11.1 Å². The number of nitrogens with one attached hydrogen (secondary N) is 2. The summed E-state index contributed by atoms with van der Waals surface area (Å²) in [5, 5.41) is 4.52. The molecule has 0 radical (unpaired) electrons. The highest BCUT2D eigenvalue weighted by molar-refractivity contribution is 6.31. The Kier molecular flexibility index (Phi) is 4.46. The van der Waals surface area contributed by atoms with Crippen molar-refractivity contribution in [3.63, 3.8) is 0 Å². The fraction of sp³-hybridized carbons (Fsp3) is 0.222. The van der Waals surface area contributed by atoms with Crippen LogP contribution < -0.4 is 10.9 Å². The third kappa shape index (κ3) is 3.44. The normalized spacial score (nSPS) is 12.5. The lowest BCUT2D eigenvalue weighted by atomic mass is 10.0. The van der Waals surface area contributed by atoms with E-state index in [0.717, 1.165) is 0 Å². The zero-order chi connectivity index (χ0) is 16.4. The first-order chi connectivity index (χ1) is 11.0. The SMILES string of the molecule is Cc1ccccc1C(C)NCc1nc2cc(Cl)ccc2c(=O)[nH]1. The zero-order valence-electron chi connectivity index (χ0n) is 13.1. The average Bonchev–Trinajstić information content (AvgIpc) is 2.52. The quantitative estimate of drug-likeness (QED) is 0.767. The molecular formula is C18H18ClN3O. The predicted molar refractivity (Wildman–Crippen MR) is 93.8 cm³/mol. The van der Waals surface area contributed by atoms with E-state index in [2.05, 4.69) is 41.3 Å². The minimum Gasteiger partial charge on any atom is -0.309 e. The fourth-order valence-corrected chi connectivity index (χ4v) is 2.84. The molecule has 0 saturated heterocycles. The number of halogens is 1. The largest absolute Gasteiger partial charge is 0.309 e. The highest BCUT2D eigenvalue weighted by Crippen LogP contribution is 2.17. The molecule has 3 rings (SSSR count). The fourth-order valence-electron chi connectivity index (χ4n) is 2.68. The summed E-state index contributed by atoms with van der Waals surface area (Å²) in [4.78, 5) is 19.4. The molecule has 0 bridgehead atoms. The molecule has 1 atom stereocenters. The van der Waals surface area contributed by atoms with Crippen molar-refractivity contribution < 1.29 is 0 Å². The summed E-state index contributed by atoms with van der Waals surface area (Å²) in [7, 11) is 0. The van der Waals surface area contributed by atoms with Gasteiger partial charge in [-0.2, -0.15) is 0 Å². The standard InChI is InChI=1S/C18H18ClN3O/c1-11-5-3-4-6-14(11)12(2)20-10-17-21-16-9-13(19)7-8-15(16)18(23)22-17/h3-9,12,20H,10H2,1-2H3,(H,21,22,23). The molecule has 0 aliphatic heterocycles. The van der Waals surface area contributed by atoms with Gasteiger partial charge >= 0.3 is 0 Å². The summed E-state index contributed by atoms with van der Waals surface area (Å²) in [6.45, 7) is 4.66. The van der Waals surface area contributed by atoms with Gasteiger partial charge in [0, 0.05) is 11.1 Å². The molecule has 0 aliphatic rings. The average molecular weight is 328 g/mol. The first-order valence-electron chi connectivity index (χ1n) is 7.52. The monoisotopic (exact) mass is 327 g/mol. The number of aromatic amines is 1. The second-order valence-electron chi connectivity index (χ2n) is 5.63. The van der Waals surface area contributed by atoms with Crippen LogP contribution in [0, 0.1) is 6.92 Å². The summed E-state index contributed by atoms with van der Waals surface area (Å²) < 4.78 is 0. The molecule has 0 spiro atoms. The number of H-pyrrole nitrogens is 1.